The standard InChI is InChI=1S/C18H21F2NO4S/c1-11-9-16(24-4)12(2)13(3)17(11)26(22,23)21-10-14-7-5-6-8-15(14)25-18(19)20/h5-9,18,21H,10H2,1-4H3. The molecule has 1 N–H and O–H groups in total. The van der Waals surface area contributed by atoms with Crippen LogP contribution in [0.2, 0.25) is 0 Å². The number of halogens is 2. The van der Waals surface area contributed by atoms with Gasteiger partial charge in [-0.05, 0) is 49.6 Å². The summed E-state index contributed by atoms with van der Waals surface area (Å²) < 4.78 is 62.7. The number of hydrogen-bond donors (Lipinski definition) is 1. The van der Waals surface area contributed by atoms with E-state index < -0.39 is 16.6 Å². The second-order valence-corrected chi connectivity index (χ2v) is 7.49. The van der Waals surface area contributed by atoms with Gasteiger partial charge < -0.3 is 9.47 Å². The Bertz CT molecular complexity index is 898. The molecule has 2 aromatic rings. The van der Waals surface area contributed by atoms with Crippen LogP contribution in [0.15, 0.2) is 35.2 Å². The van der Waals surface area contributed by atoms with Gasteiger partial charge in [0.2, 0.25) is 10.0 Å². The average molecular weight is 385 g/mol. The summed E-state index contributed by atoms with van der Waals surface area (Å²) in [6.07, 6.45) is 0. The van der Waals surface area contributed by atoms with Crippen LogP contribution < -0.4 is 14.2 Å². The van der Waals surface area contributed by atoms with Gasteiger partial charge in [0.05, 0.1) is 12.0 Å². The molecule has 0 aliphatic carbocycles. The van der Waals surface area contributed by atoms with Crippen LogP contribution >= 0.6 is 0 Å². The number of aryl methyl sites for hydroxylation is 1. The molecular formula is C18H21F2NO4S. The van der Waals surface area contributed by atoms with Crippen LogP contribution in [-0.2, 0) is 16.6 Å². The predicted molar refractivity (Wildman–Crippen MR) is 94.3 cm³/mol. The first-order valence-electron chi connectivity index (χ1n) is 7.84. The quantitative estimate of drug-likeness (QED) is 0.789. The molecule has 26 heavy (non-hydrogen) atoms. The van der Waals surface area contributed by atoms with Crippen molar-refractivity contribution in [1.29, 1.82) is 0 Å². The lowest BCUT2D eigenvalue weighted by Crippen LogP contribution is -2.25. The SMILES string of the molecule is COc1cc(C)c(S(=O)(=O)NCc2ccccc2OC(F)F)c(C)c1C. The Kier molecular flexibility index (Phi) is 6.20. The van der Waals surface area contributed by atoms with Gasteiger partial charge in [-0.2, -0.15) is 8.78 Å². The summed E-state index contributed by atoms with van der Waals surface area (Å²) in [4.78, 5) is 0.156. The molecule has 2 rings (SSSR count). The molecule has 0 saturated carbocycles. The van der Waals surface area contributed by atoms with Gasteiger partial charge in [-0.15, -0.1) is 0 Å². The van der Waals surface area contributed by atoms with Gasteiger partial charge in [-0.3, -0.25) is 0 Å². The summed E-state index contributed by atoms with van der Waals surface area (Å²) in [5, 5.41) is 0. The molecule has 0 spiro atoms. The smallest absolute Gasteiger partial charge is 0.387 e. The average Bonchev–Trinajstić information content (AvgIpc) is 2.56. The Labute approximate surface area is 152 Å². The lowest BCUT2D eigenvalue weighted by Gasteiger charge is -2.17. The van der Waals surface area contributed by atoms with E-state index in [0.29, 0.717) is 22.4 Å². The van der Waals surface area contributed by atoms with E-state index in [0.717, 1.165) is 5.56 Å². The fraction of sp³-hybridized carbons (Fsp3) is 0.333. The number of rotatable bonds is 7. The highest BCUT2D eigenvalue weighted by molar-refractivity contribution is 7.89. The van der Waals surface area contributed by atoms with Crippen molar-refractivity contribution in [2.75, 3.05) is 7.11 Å². The molecule has 0 bridgehead atoms. The minimum Gasteiger partial charge on any atom is -0.496 e. The monoisotopic (exact) mass is 385 g/mol. The number of sulfonamides is 1. The van der Waals surface area contributed by atoms with E-state index in [1.807, 2.05) is 0 Å². The molecule has 0 fully saturated rings. The van der Waals surface area contributed by atoms with Gasteiger partial charge >= 0.3 is 6.61 Å². The van der Waals surface area contributed by atoms with Crippen molar-refractivity contribution >= 4 is 10.0 Å². The lowest BCUT2D eigenvalue weighted by molar-refractivity contribution is -0.0504. The Balaban J connectivity index is 2.33. The minimum absolute atomic E-state index is 0.0652. The van der Waals surface area contributed by atoms with Gasteiger partial charge in [0.1, 0.15) is 11.5 Å². The van der Waals surface area contributed by atoms with E-state index in [1.165, 1.54) is 25.3 Å². The molecule has 0 aliphatic heterocycles. The van der Waals surface area contributed by atoms with Gasteiger partial charge in [0.25, 0.3) is 0 Å². The number of benzene rings is 2. The fourth-order valence-electron chi connectivity index (χ4n) is 2.75. The van der Waals surface area contributed by atoms with Crippen molar-refractivity contribution in [2.24, 2.45) is 0 Å². The van der Waals surface area contributed by atoms with Gasteiger partial charge in [-0.1, -0.05) is 18.2 Å². The maximum absolute atomic E-state index is 12.8. The topological polar surface area (TPSA) is 64.6 Å². The second kappa shape index (κ2) is 8.01. The van der Waals surface area contributed by atoms with Crippen molar-refractivity contribution in [1.82, 2.24) is 4.72 Å². The molecule has 0 radical (unpaired) electrons. The Morgan fingerprint density at radius 1 is 1.08 bits per heavy atom. The van der Waals surface area contributed by atoms with E-state index in [4.69, 9.17) is 4.74 Å². The molecule has 0 atom stereocenters. The normalized spacial score (nSPS) is 11.7. The van der Waals surface area contributed by atoms with Crippen LogP contribution in [0.4, 0.5) is 8.78 Å². The summed E-state index contributed by atoms with van der Waals surface area (Å²) in [5.74, 6) is 0.541. The zero-order chi connectivity index (χ0) is 19.5. The highest BCUT2D eigenvalue weighted by atomic mass is 32.2. The van der Waals surface area contributed by atoms with Gasteiger partial charge in [0.15, 0.2) is 0 Å². The number of ether oxygens (including phenoxy) is 2. The Morgan fingerprint density at radius 2 is 1.73 bits per heavy atom. The Morgan fingerprint density at radius 3 is 2.35 bits per heavy atom. The molecule has 0 aromatic heterocycles. The van der Waals surface area contributed by atoms with Crippen molar-refractivity contribution < 1.29 is 26.7 Å². The summed E-state index contributed by atoms with van der Waals surface area (Å²) >= 11 is 0. The number of alkyl halides is 2. The first-order valence-corrected chi connectivity index (χ1v) is 9.33. The molecule has 0 unspecified atom stereocenters. The molecule has 0 aliphatic rings. The molecule has 0 heterocycles. The van der Waals surface area contributed by atoms with E-state index in [-0.39, 0.29) is 17.2 Å². The van der Waals surface area contributed by atoms with E-state index in [9.17, 15) is 17.2 Å². The van der Waals surface area contributed by atoms with E-state index in [1.54, 1.807) is 32.9 Å². The van der Waals surface area contributed by atoms with Gasteiger partial charge in [0, 0.05) is 12.1 Å². The molecule has 142 valence electrons. The number of hydrogen-bond acceptors (Lipinski definition) is 4. The number of nitrogens with one attached hydrogen (secondary N) is 1. The van der Waals surface area contributed by atoms with Crippen LogP contribution in [0, 0.1) is 20.8 Å². The third-order valence-electron chi connectivity index (χ3n) is 4.11. The Hall–Kier alpha value is -2.19. The lowest BCUT2D eigenvalue weighted by atomic mass is 10.1. The van der Waals surface area contributed by atoms with Gasteiger partial charge in [-0.25, -0.2) is 13.1 Å². The maximum atomic E-state index is 12.8. The van der Waals surface area contributed by atoms with Crippen molar-refractivity contribution in [3.05, 3.63) is 52.6 Å². The molecule has 8 heteroatoms. The summed E-state index contributed by atoms with van der Waals surface area (Å²) in [5.41, 5.74) is 2.15. The van der Waals surface area contributed by atoms with Crippen LogP contribution in [-0.4, -0.2) is 22.1 Å². The molecule has 0 saturated heterocycles. The maximum Gasteiger partial charge on any atom is 0.387 e. The van der Waals surface area contributed by atoms with Crippen molar-refractivity contribution in [3.8, 4) is 11.5 Å². The third kappa shape index (κ3) is 4.31. The highest BCUT2D eigenvalue weighted by Crippen LogP contribution is 2.30. The summed E-state index contributed by atoms with van der Waals surface area (Å²) in [7, 11) is -2.34. The number of methoxy groups -OCH3 is 1. The molecule has 5 nitrogen and oxygen atoms in total. The van der Waals surface area contributed by atoms with Crippen LogP contribution in [0.5, 0.6) is 11.5 Å². The molecule has 2 aromatic carbocycles. The number of para-hydroxylation sites is 1. The largest absolute Gasteiger partial charge is 0.496 e. The molecular weight excluding hydrogens is 364 g/mol. The molecule has 0 amide bonds. The summed E-state index contributed by atoms with van der Waals surface area (Å²) in [6.45, 7) is 2.00. The summed E-state index contributed by atoms with van der Waals surface area (Å²) in [6, 6.07) is 7.71. The van der Waals surface area contributed by atoms with E-state index in [2.05, 4.69) is 9.46 Å². The zero-order valence-electron chi connectivity index (χ0n) is 15.0. The van der Waals surface area contributed by atoms with Crippen LogP contribution in [0.25, 0.3) is 0 Å². The first kappa shape index (κ1) is 20.1. The van der Waals surface area contributed by atoms with Crippen molar-refractivity contribution in [3.63, 3.8) is 0 Å². The highest BCUT2D eigenvalue weighted by Gasteiger charge is 2.23. The first-order chi connectivity index (χ1) is 12.2. The fourth-order valence-corrected chi connectivity index (χ4v) is 4.28. The van der Waals surface area contributed by atoms with Crippen LogP contribution in [0.1, 0.15) is 22.3 Å². The predicted octanol–water partition coefficient (Wildman–Crippen LogP) is 3.70. The van der Waals surface area contributed by atoms with Crippen molar-refractivity contribution in [2.45, 2.75) is 38.8 Å². The zero-order valence-corrected chi connectivity index (χ0v) is 15.8. The van der Waals surface area contributed by atoms with E-state index >= 15 is 0 Å². The third-order valence-corrected chi connectivity index (χ3v) is 5.80. The second-order valence-electron chi connectivity index (χ2n) is 5.79. The minimum atomic E-state index is -3.86. The van der Waals surface area contributed by atoms with Crippen LogP contribution in [0.3, 0.4) is 0 Å².